The minimum Gasteiger partial charge on any atom is -0.466 e. The van der Waals surface area contributed by atoms with Crippen molar-refractivity contribution in [3.8, 4) is 0 Å². The van der Waals surface area contributed by atoms with Crippen LogP contribution in [0.25, 0.3) is 0 Å². The van der Waals surface area contributed by atoms with E-state index in [2.05, 4.69) is 0 Å². The fourth-order valence-electron chi connectivity index (χ4n) is 1.31. The van der Waals surface area contributed by atoms with Crippen molar-refractivity contribution < 1.29 is 14.3 Å². The Hall–Kier alpha value is -1.16. The van der Waals surface area contributed by atoms with Crippen molar-refractivity contribution in [1.82, 2.24) is 0 Å². The second-order valence-electron chi connectivity index (χ2n) is 3.24. The fourth-order valence-corrected chi connectivity index (χ4v) is 2.00. The van der Waals surface area contributed by atoms with Gasteiger partial charge in [0.2, 0.25) is 0 Å². The molecule has 1 rings (SSSR count). The Bertz CT molecular complexity index is 306. The highest BCUT2D eigenvalue weighted by Crippen LogP contribution is 2.14. The van der Waals surface area contributed by atoms with Gasteiger partial charge in [-0.1, -0.05) is 0 Å². The van der Waals surface area contributed by atoms with Gasteiger partial charge in [0.25, 0.3) is 0 Å². The summed E-state index contributed by atoms with van der Waals surface area (Å²) in [5.41, 5.74) is 1.10. The number of rotatable bonds is 6. The second-order valence-corrected chi connectivity index (χ2v) is 4.02. The average molecular weight is 226 g/mol. The van der Waals surface area contributed by atoms with E-state index in [1.165, 1.54) is 0 Å². The van der Waals surface area contributed by atoms with Crippen molar-refractivity contribution in [2.45, 2.75) is 19.8 Å². The molecule has 82 valence electrons. The van der Waals surface area contributed by atoms with Gasteiger partial charge in [-0.15, -0.1) is 0 Å². The first-order chi connectivity index (χ1) is 7.26. The number of carbonyl (C=O) groups is 2. The van der Waals surface area contributed by atoms with Crippen LogP contribution >= 0.6 is 11.3 Å². The zero-order valence-corrected chi connectivity index (χ0v) is 9.46. The first-order valence-electron chi connectivity index (χ1n) is 4.88. The second kappa shape index (κ2) is 6.35. The molecule has 0 saturated heterocycles. The summed E-state index contributed by atoms with van der Waals surface area (Å²) in [4.78, 5) is 21.9. The molecule has 0 aliphatic rings. The summed E-state index contributed by atoms with van der Waals surface area (Å²) < 4.78 is 4.80. The van der Waals surface area contributed by atoms with Crippen LogP contribution < -0.4 is 0 Å². The molecule has 0 fully saturated rings. The number of ether oxygens (including phenoxy) is 1. The van der Waals surface area contributed by atoms with Crippen molar-refractivity contribution in [2.75, 3.05) is 6.61 Å². The Morgan fingerprint density at radius 1 is 1.67 bits per heavy atom. The van der Waals surface area contributed by atoms with E-state index in [0.717, 1.165) is 11.8 Å². The number of carbonyl (C=O) groups excluding carboxylic acids is 2. The van der Waals surface area contributed by atoms with Gasteiger partial charge in [0.15, 0.2) is 0 Å². The Kier molecular flexibility index (Phi) is 5.04. The molecule has 0 amide bonds. The largest absolute Gasteiger partial charge is 0.466 e. The molecule has 0 aliphatic heterocycles. The number of hydrogen-bond donors (Lipinski definition) is 0. The van der Waals surface area contributed by atoms with Crippen LogP contribution in [0.1, 0.15) is 18.9 Å². The lowest BCUT2D eigenvalue weighted by Crippen LogP contribution is -2.14. The Morgan fingerprint density at radius 2 is 2.47 bits per heavy atom. The van der Waals surface area contributed by atoms with Crippen molar-refractivity contribution in [3.05, 3.63) is 22.4 Å². The summed E-state index contributed by atoms with van der Waals surface area (Å²) in [6.07, 6.45) is 1.62. The van der Waals surface area contributed by atoms with Gasteiger partial charge in [-0.25, -0.2) is 0 Å². The quantitative estimate of drug-likeness (QED) is 0.551. The van der Waals surface area contributed by atoms with Gasteiger partial charge in [0, 0.05) is 5.92 Å². The van der Waals surface area contributed by atoms with Crippen LogP contribution in [0.3, 0.4) is 0 Å². The minimum atomic E-state index is -0.301. The molecule has 1 heterocycles. The van der Waals surface area contributed by atoms with Gasteiger partial charge in [-0.05, 0) is 35.7 Å². The molecule has 0 bridgehead atoms. The molecule has 15 heavy (non-hydrogen) atoms. The maximum Gasteiger partial charge on any atom is 0.306 e. The van der Waals surface area contributed by atoms with E-state index in [1.807, 2.05) is 16.8 Å². The summed E-state index contributed by atoms with van der Waals surface area (Å²) in [6.45, 7) is 2.12. The molecule has 1 aromatic rings. The summed E-state index contributed by atoms with van der Waals surface area (Å²) in [6, 6.07) is 1.96. The summed E-state index contributed by atoms with van der Waals surface area (Å²) in [7, 11) is 0. The molecule has 0 saturated carbocycles. The molecule has 0 aliphatic carbocycles. The molecule has 3 nitrogen and oxygen atoms in total. The molecule has 4 heteroatoms. The van der Waals surface area contributed by atoms with Crippen molar-refractivity contribution in [2.24, 2.45) is 5.92 Å². The van der Waals surface area contributed by atoms with Crippen LogP contribution in [0.15, 0.2) is 16.8 Å². The highest BCUT2D eigenvalue weighted by molar-refractivity contribution is 7.07. The lowest BCUT2D eigenvalue weighted by molar-refractivity contribution is -0.145. The minimum absolute atomic E-state index is 0.174. The normalized spacial score (nSPS) is 12.1. The van der Waals surface area contributed by atoms with E-state index in [9.17, 15) is 9.59 Å². The number of esters is 1. The highest BCUT2D eigenvalue weighted by atomic mass is 32.1. The van der Waals surface area contributed by atoms with Gasteiger partial charge in [-0.3, -0.25) is 4.79 Å². The van der Waals surface area contributed by atoms with Crippen LogP contribution in [0.4, 0.5) is 0 Å². The molecule has 0 radical (unpaired) electrons. The number of thiophene rings is 1. The monoisotopic (exact) mass is 226 g/mol. The van der Waals surface area contributed by atoms with E-state index < -0.39 is 0 Å². The maximum absolute atomic E-state index is 11.2. The lowest BCUT2D eigenvalue weighted by atomic mass is 10.00. The number of aldehydes is 1. The molecular formula is C11H14O3S. The Labute approximate surface area is 93.1 Å². The third-order valence-electron chi connectivity index (χ3n) is 2.00. The van der Waals surface area contributed by atoms with Crippen molar-refractivity contribution in [1.29, 1.82) is 0 Å². The topological polar surface area (TPSA) is 43.4 Å². The predicted molar refractivity (Wildman–Crippen MR) is 58.8 cm³/mol. The zero-order valence-electron chi connectivity index (χ0n) is 8.64. The molecule has 0 spiro atoms. The van der Waals surface area contributed by atoms with E-state index in [1.54, 1.807) is 18.3 Å². The smallest absolute Gasteiger partial charge is 0.306 e. The van der Waals surface area contributed by atoms with E-state index in [0.29, 0.717) is 13.0 Å². The standard InChI is InChI=1S/C11H14O3S/c1-2-14-11(13)6-10(7-12)5-9-3-4-15-8-9/h3-4,7-8,10H,2,5-6H2,1H3. The summed E-state index contributed by atoms with van der Waals surface area (Å²) >= 11 is 1.59. The molecule has 1 unspecified atom stereocenters. The van der Waals surface area contributed by atoms with Gasteiger partial charge in [0.05, 0.1) is 13.0 Å². The SMILES string of the molecule is CCOC(=O)CC(C=O)Cc1ccsc1. The highest BCUT2D eigenvalue weighted by Gasteiger charge is 2.14. The molecule has 0 N–H and O–H groups in total. The van der Waals surface area contributed by atoms with Crippen LogP contribution in [0.2, 0.25) is 0 Å². The van der Waals surface area contributed by atoms with E-state index in [4.69, 9.17) is 4.74 Å². The van der Waals surface area contributed by atoms with Gasteiger partial charge < -0.3 is 9.53 Å². The Balaban J connectivity index is 2.42. The number of hydrogen-bond acceptors (Lipinski definition) is 4. The third kappa shape index (κ3) is 4.25. The Morgan fingerprint density at radius 3 is 3.00 bits per heavy atom. The van der Waals surface area contributed by atoms with Crippen molar-refractivity contribution >= 4 is 23.6 Å². The molecule has 1 aromatic heterocycles. The summed E-state index contributed by atoms with van der Waals surface area (Å²) in [5, 5.41) is 3.95. The van der Waals surface area contributed by atoms with Crippen LogP contribution in [0, 0.1) is 5.92 Å². The molecular weight excluding hydrogens is 212 g/mol. The van der Waals surface area contributed by atoms with Gasteiger partial charge in [-0.2, -0.15) is 11.3 Å². The average Bonchev–Trinajstić information content (AvgIpc) is 2.70. The molecule has 0 aromatic carbocycles. The third-order valence-corrected chi connectivity index (χ3v) is 2.74. The predicted octanol–water partition coefficient (Wildman–Crippen LogP) is 2.06. The zero-order chi connectivity index (χ0) is 11.1. The van der Waals surface area contributed by atoms with E-state index >= 15 is 0 Å². The summed E-state index contributed by atoms with van der Waals surface area (Å²) in [5.74, 6) is -0.566. The van der Waals surface area contributed by atoms with Crippen LogP contribution in [-0.2, 0) is 20.7 Å². The van der Waals surface area contributed by atoms with Crippen LogP contribution in [-0.4, -0.2) is 18.9 Å². The maximum atomic E-state index is 11.2. The lowest BCUT2D eigenvalue weighted by Gasteiger charge is -2.07. The fraction of sp³-hybridized carbons (Fsp3) is 0.455. The van der Waals surface area contributed by atoms with Gasteiger partial charge in [0.1, 0.15) is 6.29 Å². The van der Waals surface area contributed by atoms with Gasteiger partial charge >= 0.3 is 5.97 Å². The first kappa shape index (κ1) is 11.9. The van der Waals surface area contributed by atoms with Crippen LogP contribution in [0.5, 0.6) is 0 Å². The van der Waals surface area contributed by atoms with Crippen molar-refractivity contribution in [3.63, 3.8) is 0 Å². The molecule has 1 atom stereocenters. The van der Waals surface area contributed by atoms with E-state index in [-0.39, 0.29) is 18.3 Å². The first-order valence-corrected chi connectivity index (χ1v) is 5.82.